The summed E-state index contributed by atoms with van der Waals surface area (Å²) >= 11 is 5.10. The van der Waals surface area contributed by atoms with E-state index >= 15 is 0 Å². The maximum absolute atomic E-state index is 11.6. The number of hydrogen-bond acceptors (Lipinski definition) is 4. The molecule has 6 nitrogen and oxygen atoms in total. The van der Waals surface area contributed by atoms with Crippen LogP contribution < -0.4 is 16.4 Å². The van der Waals surface area contributed by atoms with Gasteiger partial charge >= 0.3 is 5.97 Å². The molecule has 0 aromatic heterocycles. The van der Waals surface area contributed by atoms with Crippen molar-refractivity contribution in [3.8, 4) is 0 Å². The molecular formula is C14H15N3O3S. The third-order valence-electron chi connectivity index (χ3n) is 3.20. The van der Waals surface area contributed by atoms with Crippen LogP contribution in [-0.4, -0.2) is 24.1 Å². The first-order valence-corrected chi connectivity index (χ1v) is 6.61. The van der Waals surface area contributed by atoms with E-state index in [2.05, 4.69) is 15.4 Å². The number of methoxy groups -OCH3 is 1. The largest absolute Gasteiger partial charge is 0.465 e. The highest BCUT2D eigenvalue weighted by Crippen LogP contribution is 2.26. The van der Waals surface area contributed by atoms with E-state index in [9.17, 15) is 9.59 Å². The number of thiocarbonyl (C=S) groups is 1. The van der Waals surface area contributed by atoms with Crippen LogP contribution in [0.4, 0.5) is 0 Å². The molecular weight excluding hydrogens is 290 g/mol. The summed E-state index contributed by atoms with van der Waals surface area (Å²) < 4.78 is 4.65. The summed E-state index contributed by atoms with van der Waals surface area (Å²) in [6.45, 7) is 1.74. The van der Waals surface area contributed by atoms with Gasteiger partial charge in [-0.1, -0.05) is 12.1 Å². The van der Waals surface area contributed by atoms with E-state index < -0.39 is 17.9 Å². The summed E-state index contributed by atoms with van der Waals surface area (Å²) in [6.07, 6.45) is 0. The van der Waals surface area contributed by atoms with E-state index in [0.717, 1.165) is 5.56 Å². The molecule has 0 spiro atoms. The van der Waals surface area contributed by atoms with Gasteiger partial charge in [-0.2, -0.15) is 0 Å². The van der Waals surface area contributed by atoms with E-state index in [1.807, 2.05) is 0 Å². The molecule has 1 aliphatic heterocycles. The van der Waals surface area contributed by atoms with E-state index in [-0.39, 0.29) is 0 Å². The second-order valence-electron chi connectivity index (χ2n) is 4.55. The van der Waals surface area contributed by atoms with Crippen molar-refractivity contribution in [2.75, 3.05) is 7.11 Å². The molecule has 1 unspecified atom stereocenters. The van der Waals surface area contributed by atoms with Gasteiger partial charge < -0.3 is 21.1 Å². The van der Waals surface area contributed by atoms with Crippen LogP contribution >= 0.6 is 12.2 Å². The van der Waals surface area contributed by atoms with Crippen LogP contribution in [0, 0.1) is 0 Å². The van der Waals surface area contributed by atoms with Crippen LogP contribution in [0.25, 0.3) is 0 Å². The van der Waals surface area contributed by atoms with Gasteiger partial charge in [0.25, 0.3) is 0 Å². The fourth-order valence-electron chi connectivity index (χ4n) is 2.20. The lowest BCUT2D eigenvalue weighted by Crippen LogP contribution is -2.46. The van der Waals surface area contributed by atoms with Crippen molar-refractivity contribution < 1.29 is 14.3 Å². The molecule has 21 heavy (non-hydrogen) atoms. The summed E-state index contributed by atoms with van der Waals surface area (Å²) in [4.78, 5) is 23.1. The monoisotopic (exact) mass is 305 g/mol. The first kappa shape index (κ1) is 15.0. The number of carbonyl (C=O) groups is 2. The van der Waals surface area contributed by atoms with Gasteiger partial charge in [0.05, 0.1) is 24.3 Å². The van der Waals surface area contributed by atoms with Crippen molar-refractivity contribution in [3.05, 3.63) is 46.7 Å². The molecule has 2 rings (SSSR count). The predicted octanol–water partition coefficient (Wildman–Crippen LogP) is 0.751. The summed E-state index contributed by atoms with van der Waals surface area (Å²) in [5.74, 6) is -0.950. The molecule has 1 amide bonds. The Balaban J connectivity index is 2.39. The number of allylic oxidation sites excluding steroid dienone is 1. The Morgan fingerprint density at radius 2 is 1.90 bits per heavy atom. The minimum atomic E-state index is -0.531. The Labute approximate surface area is 127 Å². The third kappa shape index (κ3) is 3.03. The number of nitrogens with one attached hydrogen (secondary N) is 2. The van der Waals surface area contributed by atoms with Crippen LogP contribution in [0.2, 0.25) is 0 Å². The molecule has 0 fully saturated rings. The van der Waals surface area contributed by atoms with Gasteiger partial charge in [-0.05, 0) is 36.8 Å². The van der Waals surface area contributed by atoms with Gasteiger partial charge in [-0.3, -0.25) is 4.79 Å². The third-order valence-corrected chi connectivity index (χ3v) is 3.42. The number of ether oxygens (including phenoxy) is 1. The lowest BCUT2D eigenvalue weighted by atomic mass is 9.94. The summed E-state index contributed by atoms with van der Waals surface area (Å²) in [7, 11) is 1.32. The Morgan fingerprint density at radius 3 is 2.43 bits per heavy atom. The van der Waals surface area contributed by atoms with E-state index in [1.165, 1.54) is 7.11 Å². The van der Waals surface area contributed by atoms with E-state index in [0.29, 0.717) is 21.9 Å². The van der Waals surface area contributed by atoms with Crippen molar-refractivity contribution in [2.45, 2.75) is 13.0 Å². The number of carbonyl (C=O) groups excluding carboxylic acids is 2. The van der Waals surface area contributed by atoms with Crippen molar-refractivity contribution >= 4 is 29.2 Å². The van der Waals surface area contributed by atoms with Crippen LogP contribution in [0.1, 0.15) is 28.9 Å². The molecule has 1 aromatic carbocycles. The first-order chi connectivity index (χ1) is 9.93. The van der Waals surface area contributed by atoms with E-state index in [4.69, 9.17) is 18.0 Å². The molecule has 1 aromatic rings. The average molecular weight is 305 g/mol. The fraction of sp³-hybridized carbons (Fsp3) is 0.214. The van der Waals surface area contributed by atoms with Crippen molar-refractivity contribution in [3.63, 3.8) is 0 Å². The lowest BCUT2D eigenvalue weighted by molar-refractivity contribution is -0.115. The molecule has 0 saturated heterocycles. The van der Waals surface area contributed by atoms with Crippen LogP contribution in [0.5, 0.6) is 0 Å². The molecule has 7 heteroatoms. The first-order valence-electron chi connectivity index (χ1n) is 6.20. The Hall–Kier alpha value is -2.41. The number of nitrogens with two attached hydrogens (primary N) is 1. The molecule has 0 saturated carbocycles. The molecule has 4 N–H and O–H groups in total. The molecule has 1 heterocycles. The molecule has 1 atom stereocenters. The SMILES string of the molecule is COC(=O)c1ccc(C2NC(=S)NC(C)=C2C(N)=O)cc1. The van der Waals surface area contributed by atoms with Crippen LogP contribution in [0.3, 0.4) is 0 Å². The number of benzene rings is 1. The second kappa shape index (κ2) is 5.92. The Kier molecular flexibility index (Phi) is 4.23. The quantitative estimate of drug-likeness (QED) is 0.564. The van der Waals surface area contributed by atoms with Gasteiger partial charge in [0.1, 0.15) is 0 Å². The maximum Gasteiger partial charge on any atom is 0.337 e. The van der Waals surface area contributed by atoms with Crippen molar-refractivity contribution in [1.82, 2.24) is 10.6 Å². The van der Waals surface area contributed by atoms with Crippen LogP contribution in [0.15, 0.2) is 35.5 Å². The minimum absolute atomic E-state index is 0.411. The standard InChI is InChI=1S/C14H15N3O3S/c1-7-10(12(15)18)11(17-14(21)16-7)8-3-5-9(6-4-8)13(19)20-2/h3-6,11H,1-2H3,(H2,15,18)(H2,16,17,21). The fourth-order valence-corrected chi connectivity index (χ4v) is 2.47. The predicted molar refractivity (Wildman–Crippen MR) is 81.3 cm³/mol. The molecule has 1 aliphatic rings. The topological polar surface area (TPSA) is 93.4 Å². The number of amides is 1. The van der Waals surface area contributed by atoms with Crippen LogP contribution in [-0.2, 0) is 9.53 Å². The normalized spacial score (nSPS) is 17.8. The van der Waals surface area contributed by atoms with Gasteiger partial charge in [0.2, 0.25) is 5.91 Å². The van der Waals surface area contributed by atoms with Gasteiger partial charge in [0, 0.05) is 5.70 Å². The van der Waals surface area contributed by atoms with Crippen molar-refractivity contribution in [1.29, 1.82) is 0 Å². The summed E-state index contributed by atoms with van der Waals surface area (Å²) in [5.41, 5.74) is 7.67. The highest BCUT2D eigenvalue weighted by molar-refractivity contribution is 7.80. The minimum Gasteiger partial charge on any atom is -0.465 e. The lowest BCUT2D eigenvalue weighted by Gasteiger charge is -2.29. The maximum atomic E-state index is 11.6. The molecule has 0 radical (unpaired) electrons. The number of hydrogen-bond donors (Lipinski definition) is 3. The van der Waals surface area contributed by atoms with E-state index in [1.54, 1.807) is 31.2 Å². The van der Waals surface area contributed by atoms with Gasteiger partial charge in [-0.15, -0.1) is 0 Å². The molecule has 0 aliphatic carbocycles. The average Bonchev–Trinajstić information content (AvgIpc) is 2.45. The number of primary amides is 1. The Bertz CT molecular complexity index is 637. The highest BCUT2D eigenvalue weighted by Gasteiger charge is 2.28. The van der Waals surface area contributed by atoms with Gasteiger partial charge in [0.15, 0.2) is 5.11 Å². The zero-order valence-electron chi connectivity index (χ0n) is 11.6. The highest BCUT2D eigenvalue weighted by atomic mass is 32.1. The number of rotatable bonds is 3. The smallest absolute Gasteiger partial charge is 0.337 e. The second-order valence-corrected chi connectivity index (χ2v) is 4.96. The molecule has 110 valence electrons. The summed E-state index contributed by atoms with van der Waals surface area (Å²) in [5, 5.41) is 6.29. The molecule has 0 bridgehead atoms. The van der Waals surface area contributed by atoms with Crippen molar-refractivity contribution in [2.24, 2.45) is 5.73 Å². The summed E-state index contributed by atoms with van der Waals surface area (Å²) in [6, 6.07) is 6.27. The zero-order valence-corrected chi connectivity index (χ0v) is 12.4. The zero-order chi connectivity index (χ0) is 15.6. The van der Waals surface area contributed by atoms with Gasteiger partial charge in [-0.25, -0.2) is 4.79 Å². The number of esters is 1. The Morgan fingerprint density at radius 1 is 1.29 bits per heavy atom.